The van der Waals surface area contributed by atoms with Gasteiger partial charge >= 0.3 is 14.2 Å². The van der Waals surface area contributed by atoms with Crippen molar-refractivity contribution in [2.75, 3.05) is 0 Å². The summed E-state index contributed by atoms with van der Waals surface area (Å²) in [7, 11) is -1.09. The van der Waals surface area contributed by atoms with Crippen molar-refractivity contribution >= 4 is 36.2 Å². The summed E-state index contributed by atoms with van der Waals surface area (Å²) in [6, 6.07) is 3.85. The van der Waals surface area contributed by atoms with Gasteiger partial charge in [0.05, 0.1) is 22.4 Å². The van der Waals surface area contributed by atoms with Crippen LogP contribution in [-0.2, 0) is 18.6 Å². The van der Waals surface area contributed by atoms with Crippen LogP contribution in [0.1, 0.15) is 55.4 Å². The van der Waals surface area contributed by atoms with Crippen molar-refractivity contribution < 1.29 is 23.2 Å². The summed E-state index contributed by atoms with van der Waals surface area (Å²) >= 11 is 0. The minimum atomic E-state index is -0.545. The van der Waals surface area contributed by atoms with Crippen LogP contribution in [0.25, 0.3) is 11.0 Å². The first-order valence-corrected chi connectivity index (χ1v) is 9.31. The summed E-state index contributed by atoms with van der Waals surface area (Å²) in [4.78, 5) is 0. The first-order valence-electron chi connectivity index (χ1n) is 9.31. The van der Waals surface area contributed by atoms with Crippen LogP contribution < -0.4 is 10.9 Å². The molecule has 0 saturated carbocycles. The molecule has 0 bridgehead atoms. The quantitative estimate of drug-likeness (QED) is 0.745. The van der Waals surface area contributed by atoms with Gasteiger partial charge in [-0.05, 0) is 55.4 Å². The number of benzene rings is 1. The standard InChI is InChI=1S/C18H26B2N2O5/c1-15(2)16(3,4)24-19(23-15)11-9-10-12(14-13(11)21-27-22-14)20-25-17(5,6)18(7,8)26-20/h9-10H,1-8H3. The first kappa shape index (κ1) is 18.9. The van der Waals surface area contributed by atoms with Crippen LogP contribution in [-0.4, -0.2) is 47.0 Å². The van der Waals surface area contributed by atoms with Gasteiger partial charge in [-0.15, -0.1) is 0 Å². The molecule has 0 atom stereocenters. The summed E-state index contributed by atoms with van der Waals surface area (Å²) in [5.74, 6) is 0. The fourth-order valence-corrected chi connectivity index (χ4v) is 3.23. The second kappa shape index (κ2) is 5.56. The van der Waals surface area contributed by atoms with E-state index in [1.54, 1.807) is 0 Å². The Bertz CT molecular complexity index is 791. The largest absolute Gasteiger partial charge is 0.497 e. The maximum atomic E-state index is 6.16. The maximum absolute atomic E-state index is 6.16. The number of nitrogens with zero attached hydrogens (tertiary/aromatic N) is 2. The topological polar surface area (TPSA) is 75.8 Å². The van der Waals surface area contributed by atoms with Crippen LogP contribution in [0.3, 0.4) is 0 Å². The minimum Gasteiger partial charge on any atom is -0.399 e. The normalized spacial score (nSPS) is 25.5. The van der Waals surface area contributed by atoms with Crippen molar-refractivity contribution in [1.29, 1.82) is 0 Å². The molecule has 27 heavy (non-hydrogen) atoms. The smallest absolute Gasteiger partial charge is 0.399 e. The second-order valence-electron chi connectivity index (χ2n) is 9.38. The molecular weight excluding hydrogens is 346 g/mol. The van der Waals surface area contributed by atoms with Gasteiger partial charge in [-0.25, -0.2) is 4.63 Å². The molecule has 2 aliphatic heterocycles. The molecule has 7 nitrogen and oxygen atoms in total. The molecule has 4 rings (SSSR count). The molecule has 0 radical (unpaired) electrons. The highest BCUT2D eigenvalue weighted by Crippen LogP contribution is 2.38. The third-order valence-electron chi connectivity index (χ3n) is 6.49. The van der Waals surface area contributed by atoms with Gasteiger partial charge < -0.3 is 18.6 Å². The lowest BCUT2D eigenvalue weighted by Crippen LogP contribution is -2.41. The summed E-state index contributed by atoms with van der Waals surface area (Å²) in [6.45, 7) is 16.1. The van der Waals surface area contributed by atoms with Crippen LogP contribution in [0.4, 0.5) is 0 Å². The van der Waals surface area contributed by atoms with E-state index in [-0.39, 0.29) is 0 Å². The van der Waals surface area contributed by atoms with Crippen LogP contribution in [0.15, 0.2) is 16.8 Å². The minimum absolute atomic E-state index is 0.439. The van der Waals surface area contributed by atoms with Gasteiger partial charge in [0.25, 0.3) is 0 Å². The van der Waals surface area contributed by atoms with Crippen LogP contribution in [0, 0.1) is 0 Å². The zero-order chi connectivity index (χ0) is 19.8. The van der Waals surface area contributed by atoms with Gasteiger partial charge in [0, 0.05) is 10.9 Å². The van der Waals surface area contributed by atoms with E-state index in [0.29, 0.717) is 11.0 Å². The van der Waals surface area contributed by atoms with Gasteiger partial charge in [-0.3, -0.25) is 0 Å². The summed E-state index contributed by atoms with van der Waals surface area (Å²) < 4.78 is 29.7. The SMILES string of the molecule is CC1(C)OB(c2ccc(B3OC(C)(C)C(C)(C)O3)c3nonc23)OC1(C)C. The summed E-state index contributed by atoms with van der Waals surface area (Å²) in [6.07, 6.45) is 0. The lowest BCUT2D eigenvalue weighted by Gasteiger charge is -2.32. The number of hydrogen-bond acceptors (Lipinski definition) is 7. The molecule has 2 aliphatic rings. The molecule has 1 aromatic heterocycles. The molecule has 0 spiro atoms. The van der Waals surface area contributed by atoms with Gasteiger partial charge in [-0.1, -0.05) is 22.4 Å². The number of fused-ring (bicyclic) bond motifs is 1. The molecule has 2 aromatic rings. The fourth-order valence-electron chi connectivity index (χ4n) is 3.23. The average molecular weight is 372 g/mol. The number of aromatic nitrogens is 2. The van der Waals surface area contributed by atoms with E-state index in [0.717, 1.165) is 10.9 Å². The Balaban J connectivity index is 1.73. The highest BCUT2D eigenvalue weighted by atomic mass is 16.7. The van der Waals surface area contributed by atoms with E-state index in [1.807, 2.05) is 67.5 Å². The summed E-state index contributed by atoms with van der Waals surface area (Å²) in [5, 5.41) is 8.21. The van der Waals surface area contributed by atoms with Crippen molar-refractivity contribution in [1.82, 2.24) is 10.3 Å². The van der Waals surface area contributed by atoms with Crippen molar-refractivity contribution in [3.8, 4) is 0 Å². The molecule has 0 amide bonds. The molecule has 0 unspecified atom stereocenters. The van der Waals surface area contributed by atoms with Crippen molar-refractivity contribution in [3.05, 3.63) is 12.1 Å². The first-order chi connectivity index (χ1) is 12.3. The third-order valence-corrected chi connectivity index (χ3v) is 6.49. The average Bonchev–Trinajstić information content (AvgIpc) is 3.13. The van der Waals surface area contributed by atoms with Crippen LogP contribution >= 0.6 is 0 Å². The van der Waals surface area contributed by atoms with Crippen molar-refractivity contribution in [2.45, 2.75) is 77.8 Å². The van der Waals surface area contributed by atoms with E-state index in [1.165, 1.54) is 0 Å². The Morgan fingerprint density at radius 1 is 0.593 bits per heavy atom. The van der Waals surface area contributed by atoms with Crippen LogP contribution in [0.5, 0.6) is 0 Å². The molecule has 144 valence electrons. The van der Waals surface area contributed by atoms with Gasteiger partial charge in [0.1, 0.15) is 11.0 Å². The molecule has 3 heterocycles. The predicted octanol–water partition coefficient (Wildman–Crippen LogP) is 1.82. The van der Waals surface area contributed by atoms with Crippen LogP contribution in [0.2, 0.25) is 0 Å². The van der Waals surface area contributed by atoms with E-state index >= 15 is 0 Å². The number of rotatable bonds is 2. The van der Waals surface area contributed by atoms with E-state index in [2.05, 4.69) is 10.3 Å². The lowest BCUT2D eigenvalue weighted by molar-refractivity contribution is 0.00578. The molecule has 9 heteroatoms. The highest BCUT2D eigenvalue weighted by molar-refractivity contribution is 6.68. The highest BCUT2D eigenvalue weighted by Gasteiger charge is 2.54. The summed E-state index contributed by atoms with van der Waals surface area (Å²) in [5.41, 5.74) is 1.01. The Labute approximate surface area is 160 Å². The Morgan fingerprint density at radius 2 is 0.889 bits per heavy atom. The zero-order valence-corrected chi connectivity index (χ0v) is 17.2. The number of hydrogen-bond donors (Lipinski definition) is 0. The molecular formula is C18H26B2N2O5. The van der Waals surface area contributed by atoms with Crippen molar-refractivity contribution in [3.63, 3.8) is 0 Å². The molecule has 0 aliphatic carbocycles. The predicted molar refractivity (Wildman–Crippen MR) is 103 cm³/mol. The third kappa shape index (κ3) is 2.75. The van der Waals surface area contributed by atoms with Gasteiger partial charge in [-0.2, -0.15) is 0 Å². The molecule has 1 aromatic carbocycles. The lowest BCUT2D eigenvalue weighted by atomic mass is 9.72. The van der Waals surface area contributed by atoms with E-state index in [9.17, 15) is 0 Å². The van der Waals surface area contributed by atoms with Crippen molar-refractivity contribution in [2.24, 2.45) is 0 Å². The van der Waals surface area contributed by atoms with Gasteiger partial charge in [0.2, 0.25) is 0 Å². The molecule has 0 N–H and O–H groups in total. The Morgan fingerprint density at radius 3 is 1.19 bits per heavy atom. The van der Waals surface area contributed by atoms with E-state index < -0.39 is 36.6 Å². The fraction of sp³-hybridized carbons (Fsp3) is 0.667. The van der Waals surface area contributed by atoms with Gasteiger partial charge in [0.15, 0.2) is 0 Å². The zero-order valence-electron chi connectivity index (χ0n) is 17.2. The Kier molecular flexibility index (Phi) is 3.90. The monoisotopic (exact) mass is 372 g/mol. The molecule has 2 fully saturated rings. The molecule has 2 saturated heterocycles. The maximum Gasteiger partial charge on any atom is 0.497 e. The Hall–Kier alpha value is -1.41. The van der Waals surface area contributed by atoms with E-state index in [4.69, 9.17) is 23.2 Å². The second-order valence-corrected chi connectivity index (χ2v) is 9.38.